The summed E-state index contributed by atoms with van der Waals surface area (Å²) in [6.07, 6.45) is 2.40. The number of nitrogens with zero attached hydrogens (tertiary/aromatic N) is 3. The second kappa shape index (κ2) is 8.89. The van der Waals surface area contributed by atoms with Gasteiger partial charge in [0.15, 0.2) is 11.5 Å². The summed E-state index contributed by atoms with van der Waals surface area (Å²) in [6, 6.07) is 9.78. The standard InChI is InChI=1S/C21H23N3O3S/c1-4-15-13-16-20(28-15)23-19(24(21(16)25)10-6-5-9-22)12-14-7-8-17(26-2)18(11-14)27-3/h7-8,11,13H,4-6,10,12H2,1-3H3. The van der Waals surface area contributed by atoms with Crippen molar-refractivity contribution in [2.24, 2.45) is 0 Å². The Morgan fingerprint density at radius 3 is 2.68 bits per heavy atom. The van der Waals surface area contributed by atoms with E-state index >= 15 is 0 Å². The Kier molecular flexibility index (Phi) is 6.32. The van der Waals surface area contributed by atoms with Crippen molar-refractivity contribution < 1.29 is 9.47 Å². The molecule has 0 unspecified atom stereocenters. The first-order chi connectivity index (χ1) is 13.6. The summed E-state index contributed by atoms with van der Waals surface area (Å²) < 4.78 is 12.4. The van der Waals surface area contributed by atoms with Crippen LogP contribution < -0.4 is 15.0 Å². The van der Waals surface area contributed by atoms with Gasteiger partial charge in [-0.3, -0.25) is 9.36 Å². The molecule has 2 aromatic heterocycles. The fourth-order valence-electron chi connectivity index (χ4n) is 3.14. The Labute approximate surface area is 168 Å². The third-order valence-corrected chi connectivity index (χ3v) is 5.78. The number of fused-ring (bicyclic) bond motifs is 1. The van der Waals surface area contributed by atoms with Gasteiger partial charge in [0.05, 0.1) is 25.7 Å². The zero-order chi connectivity index (χ0) is 20.1. The summed E-state index contributed by atoms with van der Waals surface area (Å²) in [6.45, 7) is 2.55. The lowest BCUT2D eigenvalue weighted by Gasteiger charge is -2.13. The van der Waals surface area contributed by atoms with Crippen molar-refractivity contribution in [3.8, 4) is 17.6 Å². The minimum atomic E-state index is -0.0330. The average molecular weight is 398 g/mol. The molecule has 0 atom stereocenters. The normalized spacial score (nSPS) is 10.8. The lowest BCUT2D eigenvalue weighted by Crippen LogP contribution is -2.25. The summed E-state index contributed by atoms with van der Waals surface area (Å²) in [4.78, 5) is 19.8. The highest BCUT2D eigenvalue weighted by molar-refractivity contribution is 7.18. The topological polar surface area (TPSA) is 77.1 Å². The third kappa shape index (κ3) is 4.02. The summed E-state index contributed by atoms with van der Waals surface area (Å²) in [5.41, 5.74) is 0.944. The van der Waals surface area contributed by atoms with Crippen LogP contribution in [0.4, 0.5) is 0 Å². The minimum absolute atomic E-state index is 0.0330. The number of hydrogen-bond acceptors (Lipinski definition) is 6. The van der Waals surface area contributed by atoms with E-state index in [0.717, 1.165) is 21.7 Å². The number of methoxy groups -OCH3 is 2. The molecule has 2 heterocycles. The van der Waals surface area contributed by atoms with Gasteiger partial charge in [0.25, 0.3) is 5.56 Å². The first kappa shape index (κ1) is 19.9. The molecule has 0 saturated heterocycles. The number of unbranched alkanes of at least 4 members (excludes halogenated alkanes) is 1. The number of thiophene rings is 1. The highest BCUT2D eigenvalue weighted by Crippen LogP contribution is 2.29. The van der Waals surface area contributed by atoms with Crippen LogP contribution in [0.5, 0.6) is 11.5 Å². The molecule has 0 saturated carbocycles. The van der Waals surface area contributed by atoms with Crippen molar-refractivity contribution >= 4 is 21.6 Å². The van der Waals surface area contributed by atoms with Crippen molar-refractivity contribution in [3.05, 3.63) is 50.9 Å². The van der Waals surface area contributed by atoms with Gasteiger partial charge in [0.2, 0.25) is 0 Å². The number of benzene rings is 1. The van der Waals surface area contributed by atoms with E-state index in [1.807, 2.05) is 24.3 Å². The largest absolute Gasteiger partial charge is 0.493 e. The lowest BCUT2D eigenvalue weighted by molar-refractivity contribution is 0.354. The van der Waals surface area contributed by atoms with Crippen LogP contribution in [0.2, 0.25) is 0 Å². The molecular weight excluding hydrogens is 374 g/mol. The molecule has 0 aliphatic carbocycles. The number of nitriles is 1. The van der Waals surface area contributed by atoms with Crippen LogP contribution in [0.1, 0.15) is 36.0 Å². The van der Waals surface area contributed by atoms with Crippen LogP contribution in [0.25, 0.3) is 10.2 Å². The van der Waals surface area contributed by atoms with Crippen LogP contribution >= 0.6 is 11.3 Å². The van der Waals surface area contributed by atoms with E-state index in [-0.39, 0.29) is 5.56 Å². The molecule has 0 spiro atoms. The van der Waals surface area contributed by atoms with Crippen LogP contribution in [0.3, 0.4) is 0 Å². The first-order valence-corrected chi connectivity index (χ1v) is 10.0. The van der Waals surface area contributed by atoms with E-state index in [4.69, 9.17) is 19.7 Å². The monoisotopic (exact) mass is 397 g/mol. The molecule has 7 heteroatoms. The molecule has 0 N–H and O–H groups in total. The van der Waals surface area contributed by atoms with Gasteiger partial charge in [-0.15, -0.1) is 11.3 Å². The average Bonchev–Trinajstić information content (AvgIpc) is 3.13. The van der Waals surface area contributed by atoms with E-state index in [1.165, 1.54) is 0 Å². The molecule has 0 aliphatic heterocycles. The van der Waals surface area contributed by atoms with Gasteiger partial charge in [-0.25, -0.2) is 4.98 Å². The lowest BCUT2D eigenvalue weighted by atomic mass is 10.1. The first-order valence-electron chi connectivity index (χ1n) is 9.21. The van der Waals surface area contributed by atoms with Gasteiger partial charge < -0.3 is 9.47 Å². The van der Waals surface area contributed by atoms with Crippen LogP contribution in [0.15, 0.2) is 29.1 Å². The molecule has 146 valence electrons. The summed E-state index contributed by atoms with van der Waals surface area (Å²) >= 11 is 1.57. The van der Waals surface area contributed by atoms with E-state index < -0.39 is 0 Å². The molecule has 6 nitrogen and oxygen atoms in total. The summed E-state index contributed by atoms with van der Waals surface area (Å²) in [5, 5.41) is 9.52. The third-order valence-electron chi connectivity index (χ3n) is 4.61. The molecule has 28 heavy (non-hydrogen) atoms. The minimum Gasteiger partial charge on any atom is -0.493 e. The Morgan fingerprint density at radius 1 is 1.21 bits per heavy atom. The number of aromatic nitrogens is 2. The van der Waals surface area contributed by atoms with E-state index in [2.05, 4.69) is 13.0 Å². The second-order valence-electron chi connectivity index (χ2n) is 6.40. The second-order valence-corrected chi connectivity index (χ2v) is 7.51. The van der Waals surface area contributed by atoms with Crippen molar-refractivity contribution in [1.82, 2.24) is 9.55 Å². The molecule has 0 amide bonds. The van der Waals surface area contributed by atoms with Gasteiger partial charge in [-0.05, 0) is 36.6 Å². The molecule has 0 fully saturated rings. The maximum absolute atomic E-state index is 13.1. The quantitative estimate of drug-likeness (QED) is 0.538. The highest BCUT2D eigenvalue weighted by atomic mass is 32.1. The van der Waals surface area contributed by atoms with Crippen LogP contribution in [-0.2, 0) is 19.4 Å². The number of hydrogen-bond donors (Lipinski definition) is 0. The maximum Gasteiger partial charge on any atom is 0.262 e. The number of ether oxygens (including phenoxy) is 2. The molecule has 0 bridgehead atoms. The van der Waals surface area contributed by atoms with Crippen molar-refractivity contribution in [3.63, 3.8) is 0 Å². The van der Waals surface area contributed by atoms with Crippen LogP contribution in [-0.4, -0.2) is 23.8 Å². The van der Waals surface area contributed by atoms with E-state index in [0.29, 0.717) is 48.5 Å². The zero-order valence-corrected chi connectivity index (χ0v) is 17.1. The van der Waals surface area contributed by atoms with Gasteiger partial charge >= 0.3 is 0 Å². The molecule has 0 aliphatic rings. The highest BCUT2D eigenvalue weighted by Gasteiger charge is 2.15. The Morgan fingerprint density at radius 2 is 2.00 bits per heavy atom. The van der Waals surface area contributed by atoms with Crippen molar-refractivity contribution in [2.75, 3.05) is 14.2 Å². The van der Waals surface area contributed by atoms with Crippen LogP contribution in [0, 0.1) is 11.3 Å². The molecule has 3 rings (SSSR count). The Balaban J connectivity index is 2.06. The molecule has 3 aromatic rings. The smallest absolute Gasteiger partial charge is 0.262 e. The maximum atomic E-state index is 13.1. The SMILES string of the molecule is CCc1cc2c(=O)n(CCCC#N)c(Cc3ccc(OC)c(OC)c3)nc2s1. The van der Waals surface area contributed by atoms with E-state index in [9.17, 15) is 4.79 Å². The van der Waals surface area contributed by atoms with Gasteiger partial charge in [0, 0.05) is 24.3 Å². The van der Waals surface area contributed by atoms with Gasteiger partial charge in [0.1, 0.15) is 10.7 Å². The Bertz CT molecular complexity index is 1080. The number of rotatable bonds is 8. The molecule has 0 radical (unpaired) electrons. The van der Waals surface area contributed by atoms with Gasteiger partial charge in [-0.2, -0.15) is 5.26 Å². The zero-order valence-electron chi connectivity index (χ0n) is 16.3. The van der Waals surface area contributed by atoms with Crippen molar-refractivity contribution in [1.29, 1.82) is 5.26 Å². The fourth-order valence-corrected chi connectivity index (χ4v) is 4.11. The summed E-state index contributed by atoms with van der Waals surface area (Å²) in [5.74, 6) is 2.00. The molecule has 1 aromatic carbocycles. The Hall–Kier alpha value is -2.85. The predicted octanol–water partition coefficient (Wildman–Crippen LogP) is 3.93. The number of aryl methyl sites for hydroxylation is 1. The predicted molar refractivity (Wildman–Crippen MR) is 110 cm³/mol. The fraction of sp³-hybridized carbons (Fsp3) is 0.381. The van der Waals surface area contributed by atoms with Crippen molar-refractivity contribution in [2.45, 2.75) is 39.2 Å². The summed E-state index contributed by atoms with van der Waals surface area (Å²) in [7, 11) is 3.20. The van der Waals surface area contributed by atoms with Gasteiger partial charge in [-0.1, -0.05) is 13.0 Å². The molecular formula is C21H23N3O3S. The van der Waals surface area contributed by atoms with E-state index in [1.54, 1.807) is 30.1 Å².